The van der Waals surface area contributed by atoms with Crippen LogP contribution in [-0.4, -0.2) is 54.4 Å². The number of amides is 2. The summed E-state index contributed by atoms with van der Waals surface area (Å²) in [5, 5.41) is 0. The number of benzene rings is 3. The molecule has 1 heterocycles. The van der Waals surface area contributed by atoms with Gasteiger partial charge in [0.2, 0.25) is 0 Å². The van der Waals surface area contributed by atoms with Crippen molar-refractivity contribution in [2.24, 2.45) is 0 Å². The normalized spacial score (nSPS) is 13.7. The number of piperazine rings is 1. The van der Waals surface area contributed by atoms with E-state index in [4.69, 9.17) is 4.74 Å². The van der Waals surface area contributed by atoms with Crippen LogP contribution >= 0.6 is 0 Å². The summed E-state index contributed by atoms with van der Waals surface area (Å²) in [6, 6.07) is 22.1. The van der Waals surface area contributed by atoms with Crippen LogP contribution in [0.5, 0.6) is 17.2 Å². The smallest absolute Gasteiger partial charge is 0.387 e. The predicted molar refractivity (Wildman–Crippen MR) is 118 cm³/mol. The average molecular weight is 452 g/mol. The van der Waals surface area contributed by atoms with E-state index in [9.17, 15) is 18.4 Å². The molecular formula is C25H22F2N2O4. The summed E-state index contributed by atoms with van der Waals surface area (Å²) in [7, 11) is 0. The Labute approximate surface area is 189 Å². The fourth-order valence-corrected chi connectivity index (χ4v) is 3.62. The molecular weight excluding hydrogens is 430 g/mol. The summed E-state index contributed by atoms with van der Waals surface area (Å²) in [5.41, 5.74) is 0.558. The molecule has 2 amide bonds. The summed E-state index contributed by atoms with van der Waals surface area (Å²) >= 11 is 0. The molecule has 6 nitrogen and oxygen atoms in total. The van der Waals surface area contributed by atoms with E-state index >= 15 is 0 Å². The van der Waals surface area contributed by atoms with Crippen molar-refractivity contribution in [1.29, 1.82) is 0 Å². The number of hydrogen-bond acceptors (Lipinski definition) is 4. The molecule has 1 aliphatic heterocycles. The molecule has 0 aromatic heterocycles. The number of carbonyl (C=O) groups excluding carboxylic acids is 2. The maximum Gasteiger partial charge on any atom is 0.387 e. The van der Waals surface area contributed by atoms with Crippen LogP contribution in [0.1, 0.15) is 20.7 Å². The van der Waals surface area contributed by atoms with Gasteiger partial charge in [0, 0.05) is 31.7 Å². The molecule has 0 bridgehead atoms. The number of rotatable bonds is 6. The van der Waals surface area contributed by atoms with E-state index in [1.807, 2.05) is 30.3 Å². The van der Waals surface area contributed by atoms with Crippen molar-refractivity contribution in [3.63, 3.8) is 0 Å². The standard InChI is InChI=1S/C25H22F2N2O4/c26-25(27)33-22-12-5-4-11-21(22)24(31)29-15-13-28(14-16-29)23(30)18-7-6-10-20(17-18)32-19-8-2-1-3-9-19/h1-12,17,25H,13-16H2. The fraction of sp³-hybridized carbons (Fsp3) is 0.200. The number of hydrogen-bond donors (Lipinski definition) is 0. The van der Waals surface area contributed by atoms with Gasteiger partial charge in [-0.05, 0) is 42.5 Å². The van der Waals surface area contributed by atoms with E-state index in [0.717, 1.165) is 0 Å². The zero-order valence-corrected chi connectivity index (χ0v) is 17.7. The third-order valence-electron chi connectivity index (χ3n) is 5.25. The molecule has 3 aromatic rings. The van der Waals surface area contributed by atoms with Crippen LogP contribution in [-0.2, 0) is 0 Å². The van der Waals surface area contributed by atoms with E-state index in [0.29, 0.717) is 30.2 Å². The first-order valence-corrected chi connectivity index (χ1v) is 10.5. The van der Waals surface area contributed by atoms with E-state index < -0.39 is 12.5 Å². The van der Waals surface area contributed by atoms with Crippen LogP contribution in [0.15, 0.2) is 78.9 Å². The summed E-state index contributed by atoms with van der Waals surface area (Å²) < 4.78 is 35.6. The molecule has 33 heavy (non-hydrogen) atoms. The van der Waals surface area contributed by atoms with Gasteiger partial charge in [-0.25, -0.2) is 0 Å². The third-order valence-corrected chi connectivity index (χ3v) is 5.25. The number of nitrogens with zero attached hydrogens (tertiary/aromatic N) is 2. The zero-order valence-electron chi connectivity index (χ0n) is 17.7. The van der Waals surface area contributed by atoms with Gasteiger partial charge in [0.1, 0.15) is 17.2 Å². The van der Waals surface area contributed by atoms with Crippen molar-refractivity contribution in [2.45, 2.75) is 6.61 Å². The Morgan fingerprint density at radius 1 is 0.727 bits per heavy atom. The highest BCUT2D eigenvalue weighted by Crippen LogP contribution is 2.24. The summed E-state index contributed by atoms with van der Waals surface area (Å²) in [6.45, 7) is -1.80. The molecule has 1 aliphatic rings. The van der Waals surface area contributed by atoms with Crippen molar-refractivity contribution in [3.05, 3.63) is 90.0 Å². The second kappa shape index (κ2) is 10.1. The van der Waals surface area contributed by atoms with Gasteiger partial charge < -0.3 is 19.3 Å². The van der Waals surface area contributed by atoms with Gasteiger partial charge in [-0.15, -0.1) is 0 Å². The Morgan fingerprint density at radius 3 is 2.03 bits per heavy atom. The second-order valence-electron chi connectivity index (χ2n) is 7.40. The van der Waals surface area contributed by atoms with Crippen LogP contribution in [0.25, 0.3) is 0 Å². The zero-order chi connectivity index (χ0) is 23.2. The van der Waals surface area contributed by atoms with Crippen LogP contribution in [0, 0.1) is 0 Å². The third kappa shape index (κ3) is 5.46. The number of halogens is 2. The summed E-state index contributed by atoms with van der Waals surface area (Å²) in [5.74, 6) is 0.492. The first-order valence-electron chi connectivity index (χ1n) is 10.5. The Balaban J connectivity index is 1.39. The van der Waals surface area contributed by atoms with Crippen molar-refractivity contribution in [1.82, 2.24) is 9.80 Å². The minimum atomic E-state index is -3.02. The lowest BCUT2D eigenvalue weighted by Crippen LogP contribution is -2.50. The van der Waals surface area contributed by atoms with Gasteiger partial charge in [-0.2, -0.15) is 8.78 Å². The van der Waals surface area contributed by atoms with E-state index in [1.54, 1.807) is 35.2 Å². The predicted octanol–water partition coefficient (Wildman–Crippen LogP) is 4.68. The van der Waals surface area contributed by atoms with E-state index in [-0.39, 0.29) is 30.3 Å². The molecule has 8 heteroatoms. The fourth-order valence-electron chi connectivity index (χ4n) is 3.62. The summed E-state index contributed by atoms with van der Waals surface area (Å²) in [6.07, 6.45) is 0. The Bertz CT molecular complexity index is 1120. The highest BCUT2D eigenvalue weighted by Gasteiger charge is 2.27. The Hall–Kier alpha value is -3.94. The maximum absolute atomic E-state index is 13.0. The van der Waals surface area contributed by atoms with Crippen molar-refractivity contribution in [2.75, 3.05) is 26.2 Å². The van der Waals surface area contributed by atoms with Crippen LogP contribution < -0.4 is 9.47 Å². The average Bonchev–Trinajstić information content (AvgIpc) is 2.84. The molecule has 0 saturated carbocycles. The molecule has 0 N–H and O–H groups in total. The lowest BCUT2D eigenvalue weighted by Gasteiger charge is -2.35. The van der Waals surface area contributed by atoms with Crippen molar-refractivity contribution >= 4 is 11.8 Å². The van der Waals surface area contributed by atoms with Gasteiger partial charge in [-0.1, -0.05) is 36.4 Å². The van der Waals surface area contributed by atoms with Crippen LogP contribution in [0.4, 0.5) is 8.78 Å². The van der Waals surface area contributed by atoms with Gasteiger partial charge in [0.25, 0.3) is 11.8 Å². The largest absolute Gasteiger partial charge is 0.457 e. The number of para-hydroxylation sites is 2. The van der Waals surface area contributed by atoms with Crippen LogP contribution in [0.3, 0.4) is 0 Å². The molecule has 1 fully saturated rings. The molecule has 0 spiro atoms. The molecule has 4 rings (SSSR count). The van der Waals surface area contributed by atoms with Gasteiger partial charge in [0.05, 0.1) is 5.56 Å². The van der Waals surface area contributed by atoms with E-state index in [2.05, 4.69) is 4.74 Å². The minimum Gasteiger partial charge on any atom is -0.457 e. The molecule has 0 atom stereocenters. The van der Waals surface area contributed by atoms with Gasteiger partial charge in [-0.3, -0.25) is 9.59 Å². The highest BCUT2D eigenvalue weighted by molar-refractivity contribution is 5.97. The molecule has 1 saturated heterocycles. The monoisotopic (exact) mass is 452 g/mol. The topological polar surface area (TPSA) is 59.1 Å². The lowest BCUT2D eigenvalue weighted by atomic mass is 10.1. The molecule has 0 aliphatic carbocycles. The van der Waals surface area contributed by atoms with Gasteiger partial charge >= 0.3 is 6.61 Å². The van der Waals surface area contributed by atoms with E-state index in [1.165, 1.54) is 23.1 Å². The number of alkyl halides is 2. The van der Waals surface area contributed by atoms with Crippen molar-refractivity contribution in [3.8, 4) is 17.2 Å². The molecule has 0 radical (unpaired) electrons. The minimum absolute atomic E-state index is 0.0725. The molecule has 3 aromatic carbocycles. The molecule has 0 unspecified atom stereocenters. The maximum atomic E-state index is 13.0. The Kier molecular flexibility index (Phi) is 6.83. The second-order valence-corrected chi connectivity index (χ2v) is 7.40. The van der Waals surface area contributed by atoms with Gasteiger partial charge in [0.15, 0.2) is 0 Å². The SMILES string of the molecule is O=C(c1cccc(Oc2ccccc2)c1)N1CCN(C(=O)c2ccccc2OC(F)F)CC1. The molecule has 170 valence electrons. The lowest BCUT2D eigenvalue weighted by molar-refractivity contribution is -0.0503. The number of carbonyl (C=O) groups is 2. The number of ether oxygens (including phenoxy) is 2. The van der Waals surface area contributed by atoms with Crippen molar-refractivity contribution < 1.29 is 27.8 Å². The first kappa shape index (κ1) is 22.3. The Morgan fingerprint density at radius 2 is 1.33 bits per heavy atom. The summed E-state index contributed by atoms with van der Waals surface area (Å²) in [4.78, 5) is 29.0. The first-order chi connectivity index (χ1) is 16.0. The highest BCUT2D eigenvalue weighted by atomic mass is 19.3. The quantitative estimate of drug-likeness (QED) is 0.545. The van der Waals surface area contributed by atoms with Crippen LogP contribution in [0.2, 0.25) is 0 Å².